The summed E-state index contributed by atoms with van der Waals surface area (Å²) >= 11 is 0. The number of piperazine rings is 1. The fourth-order valence-corrected chi connectivity index (χ4v) is 4.22. The number of nitrogens with zero attached hydrogens (tertiary/aromatic N) is 6. The molecule has 1 aliphatic rings. The third kappa shape index (κ3) is 6.11. The highest BCUT2D eigenvalue weighted by atomic mass is 15.3. The Bertz CT molecular complexity index is 1230. The first-order chi connectivity index (χ1) is 17.1. The smallest absolute Gasteiger partial charge is 0.129 e. The second kappa shape index (κ2) is 11.4. The average Bonchev–Trinajstić information content (AvgIpc) is 2.88. The van der Waals surface area contributed by atoms with E-state index in [4.69, 9.17) is 5.26 Å². The highest BCUT2D eigenvalue weighted by Crippen LogP contribution is 2.23. The van der Waals surface area contributed by atoms with E-state index in [2.05, 4.69) is 86.2 Å². The van der Waals surface area contributed by atoms with Crippen molar-refractivity contribution in [3.63, 3.8) is 0 Å². The van der Waals surface area contributed by atoms with Gasteiger partial charge in [-0.1, -0.05) is 24.3 Å². The normalized spacial score (nSPS) is 14.4. The van der Waals surface area contributed by atoms with Crippen LogP contribution < -0.4 is 5.32 Å². The van der Waals surface area contributed by atoms with E-state index >= 15 is 0 Å². The van der Waals surface area contributed by atoms with Gasteiger partial charge in [-0.2, -0.15) is 5.26 Å². The monoisotopic (exact) mass is 465 g/mol. The number of aromatic nitrogens is 2. The molecule has 178 valence electrons. The number of nitrogens with one attached hydrogen (secondary N) is 1. The Morgan fingerprint density at radius 1 is 1.06 bits per heavy atom. The van der Waals surface area contributed by atoms with Crippen molar-refractivity contribution in [2.24, 2.45) is 4.99 Å². The maximum atomic E-state index is 8.92. The van der Waals surface area contributed by atoms with Crippen LogP contribution in [0.4, 0.5) is 5.82 Å². The van der Waals surface area contributed by atoms with Crippen LogP contribution >= 0.6 is 0 Å². The summed E-state index contributed by atoms with van der Waals surface area (Å²) in [5, 5.41) is 12.4. The topological polar surface area (TPSA) is 80.4 Å². The highest BCUT2D eigenvalue weighted by Gasteiger charge is 2.18. The van der Waals surface area contributed by atoms with Gasteiger partial charge >= 0.3 is 0 Å². The fraction of sp³-hybridized carbons (Fsp3) is 0.286. The van der Waals surface area contributed by atoms with Gasteiger partial charge in [0.2, 0.25) is 0 Å². The summed E-state index contributed by atoms with van der Waals surface area (Å²) in [7, 11) is 0. The molecule has 3 aromatic rings. The molecular weight excluding hydrogens is 434 g/mol. The third-order valence-electron chi connectivity index (χ3n) is 6.33. The van der Waals surface area contributed by atoms with Gasteiger partial charge in [-0.3, -0.25) is 9.88 Å². The molecule has 4 rings (SSSR count). The SMILES string of the molecule is C=NC(=Cc1ccnc(NCc2ccc(-c3ccnc(C)c3)cc2)c1C)N1CCN(CC#N)CC1. The van der Waals surface area contributed by atoms with Crippen LogP contribution in [0.5, 0.6) is 0 Å². The molecule has 0 bridgehead atoms. The molecule has 0 unspecified atom stereocenters. The van der Waals surface area contributed by atoms with Gasteiger partial charge in [-0.05, 0) is 72.7 Å². The second-order valence-electron chi connectivity index (χ2n) is 8.69. The van der Waals surface area contributed by atoms with E-state index in [1.54, 1.807) is 0 Å². The minimum atomic E-state index is 0.471. The number of anilines is 1. The van der Waals surface area contributed by atoms with Crippen molar-refractivity contribution in [3.05, 3.63) is 83.1 Å². The molecule has 3 heterocycles. The minimum absolute atomic E-state index is 0.471. The standard InChI is InChI=1S/C28H31N7/c1-21-18-26(9-11-31-21)24-6-4-23(5-7-24)20-33-28-22(2)25(8-12-32-28)19-27(30-3)35-16-14-34(13-10-29)15-17-35/h4-9,11-12,18-19H,3,13-17,20H2,1-2H3,(H,32,33). The molecule has 0 aliphatic carbocycles. The minimum Gasteiger partial charge on any atom is -0.366 e. The average molecular weight is 466 g/mol. The van der Waals surface area contributed by atoms with Gasteiger partial charge in [-0.15, -0.1) is 0 Å². The molecule has 1 aromatic carbocycles. The molecule has 7 nitrogen and oxygen atoms in total. The summed E-state index contributed by atoms with van der Waals surface area (Å²) in [5.74, 6) is 1.71. The van der Waals surface area contributed by atoms with Crippen molar-refractivity contribution in [3.8, 4) is 17.2 Å². The number of aliphatic imine (C=N–C) groups is 1. The lowest BCUT2D eigenvalue weighted by Crippen LogP contribution is -2.45. The first-order valence-corrected chi connectivity index (χ1v) is 11.8. The van der Waals surface area contributed by atoms with Gasteiger partial charge in [0, 0.05) is 50.8 Å². The maximum absolute atomic E-state index is 8.92. The molecule has 0 spiro atoms. The van der Waals surface area contributed by atoms with Gasteiger partial charge in [-0.25, -0.2) is 9.98 Å². The molecule has 2 aromatic heterocycles. The predicted molar refractivity (Wildman–Crippen MR) is 142 cm³/mol. The van der Waals surface area contributed by atoms with Crippen LogP contribution in [0.2, 0.25) is 0 Å². The van der Waals surface area contributed by atoms with Crippen LogP contribution in [0.25, 0.3) is 17.2 Å². The molecule has 1 aliphatic heterocycles. The number of aryl methyl sites for hydroxylation is 1. The van der Waals surface area contributed by atoms with Crippen molar-refractivity contribution < 1.29 is 0 Å². The summed E-state index contributed by atoms with van der Waals surface area (Å²) in [5.41, 5.74) is 6.68. The number of pyridine rings is 2. The van der Waals surface area contributed by atoms with Crippen LogP contribution in [0.3, 0.4) is 0 Å². The highest BCUT2D eigenvalue weighted by molar-refractivity contribution is 5.64. The van der Waals surface area contributed by atoms with Crippen LogP contribution in [-0.4, -0.2) is 59.2 Å². The summed E-state index contributed by atoms with van der Waals surface area (Å²) < 4.78 is 0. The quantitative estimate of drug-likeness (QED) is 0.389. The van der Waals surface area contributed by atoms with Crippen molar-refractivity contribution in [2.75, 3.05) is 38.0 Å². The lowest BCUT2D eigenvalue weighted by Gasteiger charge is -2.34. The number of hydrogen-bond donors (Lipinski definition) is 1. The van der Waals surface area contributed by atoms with E-state index in [1.165, 1.54) is 16.7 Å². The first kappa shape index (κ1) is 24.1. The van der Waals surface area contributed by atoms with E-state index in [0.717, 1.165) is 54.6 Å². The number of rotatable bonds is 8. The Kier molecular flexibility index (Phi) is 7.86. The molecule has 1 saturated heterocycles. The van der Waals surface area contributed by atoms with Gasteiger partial charge in [0.25, 0.3) is 0 Å². The zero-order valence-electron chi connectivity index (χ0n) is 20.4. The molecule has 0 saturated carbocycles. The van der Waals surface area contributed by atoms with E-state index < -0.39 is 0 Å². The zero-order chi connectivity index (χ0) is 24.6. The van der Waals surface area contributed by atoms with Crippen molar-refractivity contribution in [2.45, 2.75) is 20.4 Å². The van der Waals surface area contributed by atoms with Gasteiger partial charge in [0.15, 0.2) is 0 Å². The molecule has 7 heteroatoms. The Morgan fingerprint density at radius 3 is 2.49 bits per heavy atom. The Labute approximate surface area is 207 Å². The van der Waals surface area contributed by atoms with Crippen molar-refractivity contribution in [1.29, 1.82) is 5.26 Å². The molecular formula is C28H31N7. The Balaban J connectivity index is 1.42. The van der Waals surface area contributed by atoms with Crippen molar-refractivity contribution in [1.82, 2.24) is 19.8 Å². The number of benzene rings is 1. The molecule has 0 atom stereocenters. The fourth-order valence-electron chi connectivity index (χ4n) is 4.22. The Hall–Kier alpha value is -4.02. The summed E-state index contributed by atoms with van der Waals surface area (Å²) in [6.45, 7) is 12.4. The summed E-state index contributed by atoms with van der Waals surface area (Å²) in [6.07, 6.45) is 5.74. The molecule has 0 radical (unpaired) electrons. The van der Waals surface area contributed by atoms with E-state index in [-0.39, 0.29) is 0 Å². The lowest BCUT2D eigenvalue weighted by atomic mass is 10.0. The summed E-state index contributed by atoms with van der Waals surface area (Å²) in [6, 6.07) is 16.9. The van der Waals surface area contributed by atoms with E-state index in [1.807, 2.05) is 31.5 Å². The maximum Gasteiger partial charge on any atom is 0.129 e. The van der Waals surface area contributed by atoms with Gasteiger partial charge in [0.1, 0.15) is 11.6 Å². The van der Waals surface area contributed by atoms with E-state index in [0.29, 0.717) is 13.1 Å². The lowest BCUT2D eigenvalue weighted by molar-refractivity contribution is 0.173. The van der Waals surface area contributed by atoms with Crippen LogP contribution in [0.15, 0.2) is 65.7 Å². The van der Waals surface area contributed by atoms with Crippen LogP contribution in [0, 0.1) is 25.2 Å². The second-order valence-corrected chi connectivity index (χ2v) is 8.69. The van der Waals surface area contributed by atoms with Gasteiger partial charge in [0.05, 0.1) is 12.6 Å². The third-order valence-corrected chi connectivity index (χ3v) is 6.33. The molecule has 1 fully saturated rings. The Morgan fingerprint density at radius 2 is 1.80 bits per heavy atom. The van der Waals surface area contributed by atoms with Crippen LogP contribution in [0.1, 0.15) is 22.4 Å². The predicted octanol–water partition coefficient (Wildman–Crippen LogP) is 4.51. The zero-order valence-corrected chi connectivity index (χ0v) is 20.4. The molecule has 35 heavy (non-hydrogen) atoms. The largest absolute Gasteiger partial charge is 0.366 e. The van der Waals surface area contributed by atoms with Crippen LogP contribution in [-0.2, 0) is 6.54 Å². The van der Waals surface area contributed by atoms with Gasteiger partial charge < -0.3 is 10.2 Å². The number of nitriles is 1. The van der Waals surface area contributed by atoms with E-state index in [9.17, 15) is 0 Å². The number of hydrogen-bond acceptors (Lipinski definition) is 7. The molecule has 1 N–H and O–H groups in total. The first-order valence-electron chi connectivity index (χ1n) is 11.8. The molecule has 0 amide bonds. The summed E-state index contributed by atoms with van der Waals surface area (Å²) in [4.78, 5) is 17.5. The van der Waals surface area contributed by atoms with Crippen molar-refractivity contribution >= 4 is 18.6 Å².